The Balaban J connectivity index is 1.48. The number of aryl methyl sites for hydroxylation is 1. The molecule has 2 amide bonds. The van der Waals surface area contributed by atoms with Gasteiger partial charge >= 0.3 is 0 Å². The van der Waals surface area contributed by atoms with Gasteiger partial charge in [-0.15, -0.1) is 0 Å². The third-order valence-corrected chi connectivity index (χ3v) is 6.24. The highest BCUT2D eigenvalue weighted by Gasteiger charge is 2.51. The quantitative estimate of drug-likeness (QED) is 0.856. The first-order valence-corrected chi connectivity index (χ1v) is 9.70. The molecule has 2 fully saturated rings. The van der Waals surface area contributed by atoms with Crippen molar-refractivity contribution in [2.75, 3.05) is 20.1 Å². The van der Waals surface area contributed by atoms with E-state index in [2.05, 4.69) is 5.10 Å². The maximum Gasteiger partial charge on any atom is 0.274 e. The van der Waals surface area contributed by atoms with Crippen molar-refractivity contribution in [3.8, 4) is 0 Å². The van der Waals surface area contributed by atoms with Gasteiger partial charge in [0.15, 0.2) is 0 Å². The monoisotopic (exact) mass is 382 g/mol. The lowest BCUT2D eigenvalue weighted by Gasteiger charge is -2.50. The third kappa shape index (κ3) is 3.09. The van der Waals surface area contributed by atoms with Gasteiger partial charge in [0.05, 0.1) is 17.6 Å². The molecule has 0 aliphatic carbocycles. The Morgan fingerprint density at radius 1 is 1.14 bits per heavy atom. The van der Waals surface area contributed by atoms with Gasteiger partial charge < -0.3 is 14.9 Å². The number of hydrogen-bond acceptors (Lipinski definition) is 4. The summed E-state index contributed by atoms with van der Waals surface area (Å²) >= 11 is 0. The molecule has 0 radical (unpaired) electrons. The molecule has 1 aromatic carbocycles. The highest BCUT2D eigenvalue weighted by atomic mass is 16.3. The molecule has 2 aromatic rings. The molecule has 1 aromatic heterocycles. The fraction of sp³-hybridized carbons (Fsp3) is 0.476. The minimum Gasteiger partial charge on any atom is -0.391 e. The van der Waals surface area contributed by atoms with Crippen LogP contribution in [0.4, 0.5) is 0 Å². The van der Waals surface area contributed by atoms with Crippen LogP contribution in [0.25, 0.3) is 0 Å². The second-order valence-electron chi connectivity index (χ2n) is 7.99. The number of hydrogen-bond donors (Lipinski definition) is 1. The second kappa shape index (κ2) is 7.05. The second-order valence-corrected chi connectivity index (χ2v) is 7.99. The van der Waals surface area contributed by atoms with Crippen molar-refractivity contribution < 1.29 is 14.7 Å². The number of likely N-dealkylation sites (tertiary alicyclic amines) is 2. The topological polar surface area (TPSA) is 78.7 Å². The number of nitrogens with zero attached hydrogens (tertiary/aromatic N) is 4. The van der Waals surface area contributed by atoms with Crippen LogP contribution in [0.1, 0.15) is 41.4 Å². The summed E-state index contributed by atoms with van der Waals surface area (Å²) in [5.41, 5.74) is 0.776. The van der Waals surface area contributed by atoms with Gasteiger partial charge in [-0.1, -0.05) is 30.3 Å². The number of aliphatic hydroxyl groups excluding tert-OH is 1. The van der Waals surface area contributed by atoms with Crippen molar-refractivity contribution in [2.45, 2.75) is 31.4 Å². The molecule has 1 N–H and O–H groups in total. The summed E-state index contributed by atoms with van der Waals surface area (Å²) in [7, 11) is 3.55. The molecule has 1 spiro atoms. The molecule has 0 unspecified atom stereocenters. The highest BCUT2D eigenvalue weighted by molar-refractivity contribution is 5.92. The summed E-state index contributed by atoms with van der Waals surface area (Å²) in [5.74, 6) is -0.0358. The molecule has 3 heterocycles. The Morgan fingerprint density at radius 2 is 1.82 bits per heavy atom. The fourth-order valence-corrected chi connectivity index (χ4v) is 4.70. The van der Waals surface area contributed by atoms with Crippen molar-refractivity contribution in [3.05, 3.63) is 53.9 Å². The molecule has 0 saturated carbocycles. The van der Waals surface area contributed by atoms with E-state index in [0.29, 0.717) is 38.0 Å². The number of likely N-dealkylation sites (N-methyl/N-ethyl adjacent to an activating group) is 1. The molecule has 0 bridgehead atoms. The molecular weight excluding hydrogens is 356 g/mol. The van der Waals surface area contributed by atoms with Gasteiger partial charge in [0.2, 0.25) is 5.91 Å². The van der Waals surface area contributed by atoms with Crippen LogP contribution in [-0.4, -0.2) is 62.7 Å². The predicted octanol–water partition coefficient (Wildman–Crippen LogP) is 1.61. The zero-order valence-electron chi connectivity index (χ0n) is 16.3. The smallest absolute Gasteiger partial charge is 0.274 e. The van der Waals surface area contributed by atoms with Crippen molar-refractivity contribution in [3.63, 3.8) is 0 Å². The summed E-state index contributed by atoms with van der Waals surface area (Å²) in [4.78, 5) is 29.4. The van der Waals surface area contributed by atoms with E-state index in [4.69, 9.17) is 0 Å². The molecule has 2 aliphatic heterocycles. The molecule has 7 heteroatoms. The first-order chi connectivity index (χ1) is 13.4. The normalized spacial score (nSPS) is 24.6. The van der Waals surface area contributed by atoms with Gasteiger partial charge in [0.25, 0.3) is 5.91 Å². The van der Waals surface area contributed by atoms with Gasteiger partial charge in [-0.2, -0.15) is 5.10 Å². The van der Waals surface area contributed by atoms with E-state index in [9.17, 15) is 14.7 Å². The number of benzene rings is 1. The molecule has 7 nitrogen and oxygen atoms in total. The first-order valence-electron chi connectivity index (χ1n) is 9.70. The van der Waals surface area contributed by atoms with Gasteiger partial charge in [-0.25, -0.2) is 0 Å². The summed E-state index contributed by atoms with van der Waals surface area (Å²) in [6.45, 7) is 0.995. The van der Waals surface area contributed by atoms with Crippen LogP contribution in [0.5, 0.6) is 0 Å². The zero-order valence-corrected chi connectivity index (χ0v) is 16.3. The minimum atomic E-state index is -0.622. The predicted molar refractivity (Wildman–Crippen MR) is 103 cm³/mol. The number of amides is 2. The number of carbonyl (C=O) groups is 2. The molecule has 2 aliphatic rings. The van der Waals surface area contributed by atoms with Crippen LogP contribution in [-0.2, 0) is 11.8 Å². The maximum atomic E-state index is 13.3. The summed E-state index contributed by atoms with van der Waals surface area (Å²) in [5, 5.41) is 15.1. The van der Waals surface area contributed by atoms with Crippen molar-refractivity contribution in [1.82, 2.24) is 19.6 Å². The third-order valence-electron chi connectivity index (χ3n) is 6.24. The van der Waals surface area contributed by atoms with Crippen LogP contribution in [0, 0.1) is 5.41 Å². The lowest BCUT2D eigenvalue weighted by Crippen LogP contribution is -2.58. The van der Waals surface area contributed by atoms with Crippen LogP contribution in [0.2, 0.25) is 0 Å². The molecule has 28 heavy (non-hydrogen) atoms. The van der Waals surface area contributed by atoms with Crippen LogP contribution in [0.3, 0.4) is 0 Å². The summed E-state index contributed by atoms with van der Waals surface area (Å²) in [6.07, 6.45) is 2.68. The van der Waals surface area contributed by atoms with Gasteiger partial charge in [0, 0.05) is 33.4 Å². The minimum absolute atomic E-state index is 0.0663. The SMILES string of the molecule is CN1C(=O)C2(CCN(C(=O)c3ccn(C)n3)CC2)C[C@@H](O)[C@@H]1c1ccccc1. The average molecular weight is 382 g/mol. The van der Waals surface area contributed by atoms with E-state index in [0.717, 1.165) is 5.56 Å². The lowest BCUT2D eigenvalue weighted by atomic mass is 9.68. The fourth-order valence-electron chi connectivity index (χ4n) is 4.70. The largest absolute Gasteiger partial charge is 0.391 e. The van der Waals surface area contributed by atoms with E-state index in [1.54, 1.807) is 40.8 Å². The summed E-state index contributed by atoms with van der Waals surface area (Å²) in [6, 6.07) is 11.1. The average Bonchev–Trinajstić information content (AvgIpc) is 3.14. The van der Waals surface area contributed by atoms with Crippen LogP contribution in [0.15, 0.2) is 42.6 Å². The van der Waals surface area contributed by atoms with E-state index >= 15 is 0 Å². The lowest BCUT2D eigenvalue weighted by molar-refractivity contribution is -0.161. The Morgan fingerprint density at radius 3 is 2.43 bits per heavy atom. The van der Waals surface area contributed by atoms with E-state index in [1.807, 2.05) is 30.3 Å². The Bertz CT molecular complexity index is 871. The summed E-state index contributed by atoms with van der Waals surface area (Å²) < 4.78 is 1.61. The van der Waals surface area contributed by atoms with Gasteiger partial charge in [-0.3, -0.25) is 14.3 Å². The number of aliphatic hydroxyl groups is 1. The number of piperidine rings is 2. The standard InChI is InChI=1S/C21H26N4O3/c1-23-11-8-16(22-23)19(27)25-12-9-21(10-13-25)14-17(26)18(24(2)20(21)28)15-6-4-3-5-7-15/h3-8,11,17-18,26H,9-10,12-14H2,1-2H3/t17-,18+/m1/s1. The number of carbonyl (C=O) groups excluding carboxylic acids is 2. The first kappa shape index (κ1) is 18.7. The van der Waals surface area contributed by atoms with Crippen LogP contribution < -0.4 is 0 Å². The highest BCUT2D eigenvalue weighted by Crippen LogP contribution is 2.46. The van der Waals surface area contributed by atoms with Gasteiger partial charge in [0.1, 0.15) is 5.69 Å². The Hall–Kier alpha value is -2.67. The van der Waals surface area contributed by atoms with E-state index in [1.165, 1.54) is 0 Å². The molecule has 2 saturated heterocycles. The van der Waals surface area contributed by atoms with E-state index in [-0.39, 0.29) is 17.9 Å². The molecule has 2 atom stereocenters. The van der Waals surface area contributed by atoms with Crippen LogP contribution >= 0.6 is 0 Å². The number of aromatic nitrogens is 2. The Kier molecular flexibility index (Phi) is 4.71. The van der Waals surface area contributed by atoms with Gasteiger partial charge in [-0.05, 0) is 30.9 Å². The molecule has 148 valence electrons. The van der Waals surface area contributed by atoms with Crippen molar-refractivity contribution >= 4 is 11.8 Å². The van der Waals surface area contributed by atoms with E-state index < -0.39 is 11.5 Å². The number of rotatable bonds is 2. The molecule has 4 rings (SSSR count). The molecular formula is C21H26N4O3. The van der Waals surface area contributed by atoms with Crippen molar-refractivity contribution in [1.29, 1.82) is 0 Å². The van der Waals surface area contributed by atoms with Crippen molar-refractivity contribution in [2.24, 2.45) is 12.5 Å². The maximum absolute atomic E-state index is 13.3. The zero-order chi connectivity index (χ0) is 19.9. The Labute approximate surface area is 164 Å².